The van der Waals surface area contributed by atoms with Gasteiger partial charge in [0.2, 0.25) is 5.91 Å². The number of rotatable bonds is 6. The molecule has 23 heavy (non-hydrogen) atoms. The minimum Gasteiger partial charge on any atom is -0.370 e. The molecule has 1 saturated heterocycles. The van der Waals surface area contributed by atoms with E-state index in [0.717, 1.165) is 31.6 Å². The molecule has 1 unspecified atom stereocenters. The summed E-state index contributed by atoms with van der Waals surface area (Å²) in [5.41, 5.74) is 1.10. The van der Waals surface area contributed by atoms with Crippen molar-refractivity contribution in [3.05, 3.63) is 30.3 Å². The Labute approximate surface area is 137 Å². The third-order valence-corrected chi connectivity index (χ3v) is 4.24. The molecule has 1 aliphatic rings. The molecule has 0 spiro atoms. The van der Waals surface area contributed by atoms with Gasteiger partial charge in [-0.15, -0.1) is 0 Å². The van der Waals surface area contributed by atoms with Gasteiger partial charge < -0.3 is 20.4 Å². The Morgan fingerprint density at radius 1 is 1.17 bits per heavy atom. The van der Waals surface area contributed by atoms with Gasteiger partial charge in [0, 0.05) is 38.4 Å². The molecule has 1 aromatic carbocycles. The van der Waals surface area contributed by atoms with Crippen LogP contribution in [0.5, 0.6) is 0 Å². The van der Waals surface area contributed by atoms with Crippen LogP contribution in [0.2, 0.25) is 0 Å². The second kappa shape index (κ2) is 8.41. The molecule has 0 aromatic heterocycles. The number of nitrogens with one attached hydrogen (secondary N) is 2. The first kappa shape index (κ1) is 17.1. The quantitative estimate of drug-likeness (QED) is 0.834. The molecular weight excluding hydrogens is 292 g/mol. The molecule has 0 saturated carbocycles. The van der Waals surface area contributed by atoms with Crippen molar-refractivity contribution in [1.82, 2.24) is 15.5 Å². The summed E-state index contributed by atoms with van der Waals surface area (Å²) in [7, 11) is 2.00. The number of anilines is 1. The zero-order valence-corrected chi connectivity index (χ0v) is 13.9. The Balaban J connectivity index is 1.68. The molecule has 1 fully saturated rings. The third kappa shape index (κ3) is 5.16. The minimum absolute atomic E-state index is 0.00731. The van der Waals surface area contributed by atoms with E-state index in [1.54, 1.807) is 4.90 Å². The topological polar surface area (TPSA) is 64.7 Å². The van der Waals surface area contributed by atoms with Crippen molar-refractivity contribution < 1.29 is 9.59 Å². The lowest BCUT2D eigenvalue weighted by atomic mass is 10.2. The summed E-state index contributed by atoms with van der Waals surface area (Å²) in [6, 6.07) is 9.87. The van der Waals surface area contributed by atoms with Crippen molar-refractivity contribution in [2.24, 2.45) is 0 Å². The first-order valence-corrected chi connectivity index (χ1v) is 8.15. The largest absolute Gasteiger partial charge is 0.370 e. The van der Waals surface area contributed by atoms with Crippen molar-refractivity contribution in [2.45, 2.75) is 25.8 Å². The van der Waals surface area contributed by atoms with Crippen LogP contribution in [-0.2, 0) is 4.79 Å². The predicted molar refractivity (Wildman–Crippen MR) is 91.5 cm³/mol. The summed E-state index contributed by atoms with van der Waals surface area (Å²) in [5, 5.41) is 5.45. The van der Waals surface area contributed by atoms with E-state index in [4.69, 9.17) is 0 Å². The fourth-order valence-electron chi connectivity index (χ4n) is 2.59. The Morgan fingerprint density at radius 3 is 2.48 bits per heavy atom. The lowest BCUT2D eigenvalue weighted by molar-refractivity contribution is -0.128. The molecule has 1 aliphatic heterocycles. The van der Waals surface area contributed by atoms with Gasteiger partial charge in [0.25, 0.3) is 0 Å². The zero-order chi connectivity index (χ0) is 16.7. The van der Waals surface area contributed by atoms with Crippen LogP contribution in [0.25, 0.3) is 0 Å². The average Bonchev–Trinajstić information content (AvgIpc) is 3.12. The number of carbonyl (C=O) groups is 2. The number of amides is 3. The summed E-state index contributed by atoms with van der Waals surface area (Å²) in [6.07, 6.45) is 2.11. The SMILES string of the molecule is CC(CNC(=O)NCC(=O)N1CCCC1)N(C)c1ccccc1. The molecule has 0 radical (unpaired) electrons. The molecule has 1 atom stereocenters. The summed E-state index contributed by atoms with van der Waals surface area (Å²) >= 11 is 0. The number of nitrogens with zero attached hydrogens (tertiary/aromatic N) is 2. The molecule has 6 heteroatoms. The van der Waals surface area contributed by atoms with E-state index < -0.39 is 0 Å². The van der Waals surface area contributed by atoms with E-state index >= 15 is 0 Å². The van der Waals surface area contributed by atoms with E-state index in [2.05, 4.69) is 15.5 Å². The fourth-order valence-corrected chi connectivity index (χ4v) is 2.59. The van der Waals surface area contributed by atoms with Crippen LogP contribution < -0.4 is 15.5 Å². The molecule has 3 amide bonds. The van der Waals surface area contributed by atoms with E-state index in [1.165, 1.54) is 0 Å². The van der Waals surface area contributed by atoms with Gasteiger partial charge in [-0.3, -0.25) is 4.79 Å². The van der Waals surface area contributed by atoms with Gasteiger partial charge in [-0.1, -0.05) is 18.2 Å². The van der Waals surface area contributed by atoms with Gasteiger partial charge in [-0.2, -0.15) is 0 Å². The molecule has 2 rings (SSSR count). The highest BCUT2D eigenvalue weighted by Gasteiger charge is 2.18. The lowest BCUT2D eigenvalue weighted by Gasteiger charge is -2.27. The average molecular weight is 318 g/mol. The lowest BCUT2D eigenvalue weighted by Crippen LogP contribution is -2.46. The molecule has 0 bridgehead atoms. The summed E-state index contributed by atoms with van der Waals surface area (Å²) in [5.74, 6) is -0.00731. The second-order valence-electron chi connectivity index (χ2n) is 5.95. The first-order chi connectivity index (χ1) is 11.1. The van der Waals surface area contributed by atoms with Gasteiger partial charge in [-0.25, -0.2) is 4.79 Å². The second-order valence-corrected chi connectivity index (χ2v) is 5.95. The maximum Gasteiger partial charge on any atom is 0.315 e. The maximum atomic E-state index is 11.9. The van der Waals surface area contributed by atoms with Crippen LogP contribution in [0.4, 0.5) is 10.5 Å². The van der Waals surface area contributed by atoms with Crippen molar-refractivity contribution in [3.8, 4) is 0 Å². The number of likely N-dealkylation sites (N-methyl/N-ethyl adjacent to an activating group) is 1. The van der Waals surface area contributed by atoms with Crippen LogP contribution in [0.1, 0.15) is 19.8 Å². The number of hydrogen-bond acceptors (Lipinski definition) is 3. The summed E-state index contributed by atoms with van der Waals surface area (Å²) in [6.45, 7) is 4.23. The minimum atomic E-state index is -0.300. The van der Waals surface area contributed by atoms with Crippen molar-refractivity contribution >= 4 is 17.6 Å². The Hall–Kier alpha value is -2.24. The monoisotopic (exact) mass is 318 g/mol. The van der Waals surface area contributed by atoms with Crippen molar-refractivity contribution in [1.29, 1.82) is 0 Å². The van der Waals surface area contributed by atoms with Gasteiger partial charge in [0.05, 0.1) is 6.54 Å². The Morgan fingerprint density at radius 2 is 1.83 bits per heavy atom. The van der Waals surface area contributed by atoms with Crippen LogP contribution in [-0.4, -0.2) is 56.1 Å². The van der Waals surface area contributed by atoms with Crippen LogP contribution in [0.3, 0.4) is 0 Å². The van der Waals surface area contributed by atoms with Crippen LogP contribution in [0.15, 0.2) is 30.3 Å². The smallest absolute Gasteiger partial charge is 0.315 e. The van der Waals surface area contributed by atoms with E-state index in [0.29, 0.717) is 6.54 Å². The van der Waals surface area contributed by atoms with Crippen LogP contribution in [0, 0.1) is 0 Å². The van der Waals surface area contributed by atoms with Gasteiger partial charge in [-0.05, 0) is 31.9 Å². The summed E-state index contributed by atoms with van der Waals surface area (Å²) in [4.78, 5) is 27.6. The normalized spacial score (nSPS) is 15.1. The standard InChI is InChI=1S/C17H26N4O2/c1-14(20(2)15-8-4-3-5-9-15)12-18-17(23)19-13-16(22)21-10-6-7-11-21/h3-5,8-9,14H,6-7,10-13H2,1-2H3,(H2,18,19,23). The molecule has 1 heterocycles. The number of carbonyl (C=O) groups excluding carboxylic acids is 2. The predicted octanol–water partition coefficient (Wildman–Crippen LogP) is 1.43. The number of likely N-dealkylation sites (tertiary alicyclic amines) is 1. The highest BCUT2D eigenvalue weighted by Crippen LogP contribution is 2.13. The zero-order valence-electron chi connectivity index (χ0n) is 13.9. The van der Waals surface area contributed by atoms with Crippen molar-refractivity contribution in [2.75, 3.05) is 38.1 Å². The third-order valence-electron chi connectivity index (χ3n) is 4.24. The summed E-state index contributed by atoms with van der Waals surface area (Å²) < 4.78 is 0. The first-order valence-electron chi connectivity index (χ1n) is 8.15. The van der Waals surface area contributed by atoms with E-state index in [1.807, 2.05) is 44.3 Å². The number of urea groups is 1. The highest BCUT2D eigenvalue weighted by molar-refractivity contribution is 5.84. The Bertz CT molecular complexity index is 515. The molecule has 2 N–H and O–H groups in total. The maximum absolute atomic E-state index is 11.9. The molecule has 0 aliphatic carbocycles. The van der Waals surface area contributed by atoms with Gasteiger partial charge in [0.1, 0.15) is 0 Å². The van der Waals surface area contributed by atoms with Gasteiger partial charge in [0.15, 0.2) is 0 Å². The van der Waals surface area contributed by atoms with Crippen LogP contribution >= 0.6 is 0 Å². The number of benzene rings is 1. The molecule has 126 valence electrons. The number of para-hydroxylation sites is 1. The van der Waals surface area contributed by atoms with E-state index in [9.17, 15) is 9.59 Å². The molecular formula is C17H26N4O2. The fraction of sp³-hybridized carbons (Fsp3) is 0.529. The Kier molecular flexibility index (Phi) is 6.26. The molecule has 1 aromatic rings. The van der Waals surface area contributed by atoms with Gasteiger partial charge >= 0.3 is 6.03 Å². The van der Waals surface area contributed by atoms with E-state index in [-0.39, 0.29) is 24.5 Å². The number of hydrogen-bond donors (Lipinski definition) is 2. The highest BCUT2D eigenvalue weighted by atomic mass is 16.2. The molecule has 6 nitrogen and oxygen atoms in total. The van der Waals surface area contributed by atoms with Crippen molar-refractivity contribution in [3.63, 3.8) is 0 Å².